The van der Waals surface area contributed by atoms with Gasteiger partial charge >= 0.3 is 0 Å². The molecule has 1 aromatic carbocycles. The molecule has 1 atom stereocenters. The fourth-order valence-corrected chi connectivity index (χ4v) is 0.972. The lowest BCUT2D eigenvalue weighted by molar-refractivity contribution is 0.584. The van der Waals surface area contributed by atoms with Gasteiger partial charge in [0.25, 0.3) is 0 Å². The molecule has 1 N–H and O–H groups in total. The van der Waals surface area contributed by atoms with E-state index < -0.39 is 11.6 Å². The smallest absolute Gasteiger partial charge is 0.128 e. The molecule has 0 saturated carbocycles. The molecule has 14 heavy (non-hydrogen) atoms. The van der Waals surface area contributed by atoms with E-state index in [1.54, 1.807) is 6.92 Å². The third-order valence-electron chi connectivity index (χ3n) is 1.70. The zero-order valence-corrected chi connectivity index (χ0v) is 7.72. The van der Waals surface area contributed by atoms with Gasteiger partial charge in [0.1, 0.15) is 11.6 Å². The highest BCUT2D eigenvalue weighted by Gasteiger charge is 2.02. The van der Waals surface area contributed by atoms with E-state index in [2.05, 4.69) is 5.32 Å². The molecule has 0 bridgehead atoms. The van der Waals surface area contributed by atoms with Crippen LogP contribution in [-0.4, -0.2) is 6.54 Å². The maximum Gasteiger partial charge on any atom is 0.128 e. The lowest BCUT2D eigenvalue weighted by atomic mass is 10.2. The molecule has 2 nitrogen and oxygen atoms in total. The first kappa shape index (κ1) is 10.5. The second-order valence-electron chi connectivity index (χ2n) is 3.07. The quantitative estimate of drug-likeness (QED) is 0.806. The van der Waals surface area contributed by atoms with Crippen molar-refractivity contribution in [3.63, 3.8) is 0 Å². The van der Waals surface area contributed by atoms with Crippen LogP contribution in [0.15, 0.2) is 18.2 Å². The van der Waals surface area contributed by atoms with Crippen molar-refractivity contribution in [3.05, 3.63) is 29.8 Å². The van der Waals surface area contributed by atoms with Gasteiger partial charge in [0.2, 0.25) is 0 Å². The summed E-state index contributed by atoms with van der Waals surface area (Å²) in [6, 6.07) is 5.19. The van der Waals surface area contributed by atoms with Crippen LogP contribution in [0.1, 0.15) is 6.92 Å². The Labute approximate surface area is 81.2 Å². The molecule has 1 unspecified atom stereocenters. The maximum atomic E-state index is 12.7. The molecule has 0 heterocycles. The Morgan fingerprint density at radius 1 is 1.36 bits per heavy atom. The SMILES string of the molecule is CC(C#N)CNc1cc(F)cc(F)c1. The normalized spacial score (nSPS) is 11.9. The highest BCUT2D eigenvalue weighted by Crippen LogP contribution is 2.13. The standard InChI is InChI=1S/C10H10F2N2/c1-7(5-13)6-14-10-3-8(11)2-9(12)4-10/h2-4,7,14H,6H2,1H3. The molecular weight excluding hydrogens is 186 g/mol. The molecule has 0 fully saturated rings. The number of benzene rings is 1. The molecular formula is C10H10F2N2. The van der Waals surface area contributed by atoms with Gasteiger partial charge < -0.3 is 5.32 Å². The van der Waals surface area contributed by atoms with E-state index >= 15 is 0 Å². The van der Waals surface area contributed by atoms with Crippen molar-refractivity contribution < 1.29 is 8.78 Å². The van der Waals surface area contributed by atoms with E-state index in [1.807, 2.05) is 6.07 Å². The monoisotopic (exact) mass is 196 g/mol. The number of rotatable bonds is 3. The number of nitrogens with one attached hydrogen (secondary N) is 1. The largest absolute Gasteiger partial charge is 0.384 e. The zero-order valence-electron chi connectivity index (χ0n) is 7.72. The highest BCUT2D eigenvalue weighted by atomic mass is 19.1. The average molecular weight is 196 g/mol. The minimum atomic E-state index is -0.628. The molecule has 0 radical (unpaired) electrons. The van der Waals surface area contributed by atoms with E-state index in [9.17, 15) is 8.78 Å². The Balaban J connectivity index is 2.64. The summed E-state index contributed by atoms with van der Waals surface area (Å²) in [5.74, 6) is -1.45. The van der Waals surface area contributed by atoms with Gasteiger partial charge in [0, 0.05) is 18.3 Å². The summed E-state index contributed by atoms with van der Waals surface area (Å²) in [4.78, 5) is 0. The number of hydrogen-bond acceptors (Lipinski definition) is 2. The van der Waals surface area contributed by atoms with Gasteiger partial charge in [-0.2, -0.15) is 5.26 Å². The first-order chi connectivity index (χ1) is 6.61. The predicted molar refractivity (Wildman–Crippen MR) is 49.6 cm³/mol. The second kappa shape index (κ2) is 4.56. The van der Waals surface area contributed by atoms with E-state index in [0.717, 1.165) is 6.07 Å². The highest BCUT2D eigenvalue weighted by molar-refractivity contribution is 5.43. The third-order valence-corrected chi connectivity index (χ3v) is 1.70. The molecule has 4 heteroatoms. The summed E-state index contributed by atoms with van der Waals surface area (Å²) < 4.78 is 25.4. The van der Waals surface area contributed by atoms with Gasteiger partial charge in [-0.25, -0.2) is 8.78 Å². The summed E-state index contributed by atoms with van der Waals surface area (Å²) in [5.41, 5.74) is 0.351. The Kier molecular flexibility index (Phi) is 3.41. The topological polar surface area (TPSA) is 35.8 Å². The number of nitriles is 1. The van der Waals surface area contributed by atoms with Crippen LogP contribution in [0.2, 0.25) is 0 Å². The Morgan fingerprint density at radius 2 is 1.93 bits per heavy atom. The first-order valence-corrected chi connectivity index (χ1v) is 4.21. The van der Waals surface area contributed by atoms with E-state index in [4.69, 9.17) is 5.26 Å². The molecule has 0 aliphatic heterocycles. The van der Waals surface area contributed by atoms with Crippen molar-refractivity contribution in [2.75, 3.05) is 11.9 Å². The summed E-state index contributed by atoms with van der Waals surface area (Å²) in [5, 5.41) is 11.3. The van der Waals surface area contributed by atoms with E-state index in [0.29, 0.717) is 12.2 Å². The van der Waals surface area contributed by atoms with Crippen LogP contribution in [0, 0.1) is 28.9 Å². The maximum absolute atomic E-state index is 12.7. The van der Waals surface area contributed by atoms with Crippen molar-refractivity contribution in [2.45, 2.75) is 6.92 Å². The van der Waals surface area contributed by atoms with Gasteiger partial charge in [-0.15, -0.1) is 0 Å². The Morgan fingerprint density at radius 3 is 2.43 bits per heavy atom. The lowest BCUT2D eigenvalue weighted by Crippen LogP contribution is -2.09. The minimum absolute atomic E-state index is 0.193. The fourth-order valence-electron chi connectivity index (χ4n) is 0.972. The second-order valence-corrected chi connectivity index (χ2v) is 3.07. The molecule has 0 aliphatic rings. The lowest BCUT2D eigenvalue weighted by Gasteiger charge is -2.07. The van der Waals surface area contributed by atoms with Gasteiger partial charge in [0.15, 0.2) is 0 Å². The van der Waals surface area contributed by atoms with Gasteiger partial charge in [-0.1, -0.05) is 0 Å². The summed E-state index contributed by atoms with van der Waals surface area (Å²) >= 11 is 0. The predicted octanol–water partition coefficient (Wildman–Crippen LogP) is 2.54. The van der Waals surface area contributed by atoms with Crippen LogP contribution in [-0.2, 0) is 0 Å². The molecule has 74 valence electrons. The van der Waals surface area contributed by atoms with Crippen LogP contribution in [0.5, 0.6) is 0 Å². The molecule has 0 amide bonds. The van der Waals surface area contributed by atoms with Crippen molar-refractivity contribution in [3.8, 4) is 6.07 Å². The van der Waals surface area contributed by atoms with Crippen molar-refractivity contribution in [1.29, 1.82) is 5.26 Å². The number of halogens is 2. The molecule has 1 rings (SSSR count). The Bertz CT molecular complexity index is 337. The van der Waals surface area contributed by atoms with Gasteiger partial charge in [-0.05, 0) is 19.1 Å². The molecule has 0 saturated heterocycles. The van der Waals surface area contributed by atoms with Crippen LogP contribution in [0.4, 0.5) is 14.5 Å². The third kappa shape index (κ3) is 3.02. The average Bonchev–Trinajstić information content (AvgIpc) is 2.12. The molecule has 0 aromatic heterocycles. The van der Waals surface area contributed by atoms with Crippen molar-refractivity contribution >= 4 is 5.69 Å². The molecule has 0 spiro atoms. The van der Waals surface area contributed by atoms with Gasteiger partial charge in [-0.3, -0.25) is 0 Å². The number of hydrogen-bond donors (Lipinski definition) is 1. The van der Waals surface area contributed by atoms with Crippen LogP contribution >= 0.6 is 0 Å². The zero-order chi connectivity index (χ0) is 10.6. The van der Waals surface area contributed by atoms with E-state index in [1.165, 1.54) is 12.1 Å². The summed E-state index contributed by atoms with van der Waals surface area (Å²) in [7, 11) is 0. The minimum Gasteiger partial charge on any atom is -0.384 e. The summed E-state index contributed by atoms with van der Waals surface area (Å²) in [6.07, 6.45) is 0. The van der Waals surface area contributed by atoms with Gasteiger partial charge in [0.05, 0.1) is 12.0 Å². The van der Waals surface area contributed by atoms with E-state index in [-0.39, 0.29) is 5.92 Å². The molecule has 1 aromatic rings. The van der Waals surface area contributed by atoms with Crippen LogP contribution < -0.4 is 5.32 Å². The number of anilines is 1. The molecule has 0 aliphatic carbocycles. The van der Waals surface area contributed by atoms with Crippen LogP contribution in [0.25, 0.3) is 0 Å². The van der Waals surface area contributed by atoms with Crippen LogP contribution in [0.3, 0.4) is 0 Å². The Hall–Kier alpha value is -1.63. The fraction of sp³-hybridized carbons (Fsp3) is 0.300. The summed E-state index contributed by atoms with van der Waals surface area (Å²) in [6.45, 7) is 2.10. The first-order valence-electron chi connectivity index (χ1n) is 4.21. The van der Waals surface area contributed by atoms with Crippen molar-refractivity contribution in [1.82, 2.24) is 0 Å². The van der Waals surface area contributed by atoms with Crippen molar-refractivity contribution in [2.24, 2.45) is 5.92 Å². The number of nitrogens with zero attached hydrogens (tertiary/aromatic N) is 1.